The van der Waals surface area contributed by atoms with E-state index in [1.54, 1.807) is 24.3 Å². The maximum absolute atomic E-state index is 13.4. The van der Waals surface area contributed by atoms with Gasteiger partial charge in [-0.2, -0.15) is 10.2 Å². The summed E-state index contributed by atoms with van der Waals surface area (Å²) in [5, 5.41) is 17.9. The number of rotatable bonds is 13. The van der Waals surface area contributed by atoms with Crippen LogP contribution < -0.4 is 14.4 Å². The Bertz CT molecular complexity index is 2370. The number of azo groups is 1. The number of anilines is 1. The first-order valence-corrected chi connectivity index (χ1v) is 18.9. The average molecular weight is 738 g/mol. The molecular formula is C39H32FN3O7S2. The molecule has 0 amide bonds. The minimum atomic E-state index is -3.96. The molecule has 0 unspecified atom stereocenters. The highest BCUT2D eigenvalue weighted by molar-refractivity contribution is 7.92. The molecule has 0 spiro atoms. The number of halogens is 1. The zero-order chi connectivity index (χ0) is 36.7. The van der Waals surface area contributed by atoms with Gasteiger partial charge in [-0.15, -0.1) is 0 Å². The predicted octanol–water partition coefficient (Wildman–Crippen LogP) is 9.27. The Hall–Kier alpha value is -6.05. The van der Waals surface area contributed by atoms with Crippen LogP contribution in [-0.2, 0) is 19.7 Å². The van der Waals surface area contributed by atoms with Gasteiger partial charge in [-0.3, -0.25) is 0 Å². The highest BCUT2D eigenvalue weighted by atomic mass is 32.2. The Kier molecular flexibility index (Phi) is 10.6. The molecule has 264 valence electrons. The average Bonchev–Trinajstić information content (AvgIpc) is 3.17. The van der Waals surface area contributed by atoms with Gasteiger partial charge in [-0.05, 0) is 153 Å². The van der Waals surface area contributed by atoms with Crippen molar-refractivity contribution in [3.8, 4) is 23.0 Å². The standard InChI is InChI=1S/C39H32FN3O7S2/c1-2-43(27-49-33-15-11-32(44)12-16-33)31-9-5-29(6-10-31)41-42-30-7-19-36(20-8-30)51(45,46)38-23-25-39(26-24-38)52(47,48)37-21-17-35(18-22-37)50-34-13-3-28(40)4-14-34/h3-26,44H,2,27H2,1H3. The lowest BCUT2D eigenvalue weighted by atomic mass is 10.2. The second kappa shape index (κ2) is 15.5. The van der Waals surface area contributed by atoms with E-state index in [4.69, 9.17) is 9.47 Å². The van der Waals surface area contributed by atoms with Crippen LogP contribution in [-0.4, -0.2) is 35.2 Å². The van der Waals surface area contributed by atoms with Crippen molar-refractivity contribution < 1.29 is 35.8 Å². The van der Waals surface area contributed by atoms with E-state index in [0.29, 0.717) is 41.9 Å². The number of phenolic OH excluding ortho intramolecular Hbond substituents is 1. The molecule has 6 aromatic rings. The van der Waals surface area contributed by atoms with Crippen LogP contribution in [0.15, 0.2) is 175 Å². The van der Waals surface area contributed by atoms with E-state index >= 15 is 0 Å². The Balaban J connectivity index is 1.07. The van der Waals surface area contributed by atoms with Crippen molar-refractivity contribution in [1.82, 2.24) is 0 Å². The molecule has 13 heteroatoms. The van der Waals surface area contributed by atoms with Crippen molar-refractivity contribution in [3.63, 3.8) is 0 Å². The lowest BCUT2D eigenvalue weighted by Crippen LogP contribution is -2.27. The number of hydrogen-bond acceptors (Lipinski definition) is 10. The van der Waals surface area contributed by atoms with Gasteiger partial charge in [0.1, 0.15) is 28.8 Å². The monoisotopic (exact) mass is 737 g/mol. The number of benzene rings is 6. The van der Waals surface area contributed by atoms with Crippen LogP contribution in [0, 0.1) is 5.82 Å². The quantitative estimate of drug-likeness (QED) is 0.0916. The second-order valence-corrected chi connectivity index (χ2v) is 15.2. The molecule has 0 aliphatic heterocycles. The lowest BCUT2D eigenvalue weighted by molar-refractivity contribution is 0.314. The van der Waals surface area contributed by atoms with E-state index in [0.717, 1.165) is 5.69 Å². The van der Waals surface area contributed by atoms with E-state index < -0.39 is 25.5 Å². The summed E-state index contributed by atoms with van der Waals surface area (Å²) >= 11 is 0. The maximum atomic E-state index is 13.4. The van der Waals surface area contributed by atoms with Crippen LogP contribution in [0.4, 0.5) is 21.5 Å². The molecule has 0 aliphatic carbocycles. The van der Waals surface area contributed by atoms with Crippen molar-refractivity contribution >= 4 is 36.7 Å². The maximum Gasteiger partial charge on any atom is 0.206 e. The molecule has 0 aliphatic rings. The molecule has 0 bridgehead atoms. The summed E-state index contributed by atoms with van der Waals surface area (Å²) in [6.07, 6.45) is 0. The van der Waals surface area contributed by atoms with Gasteiger partial charge in [0.05, 0.1) is 31.0 Å². The Morgan fingerprint density at radius 2 is 0.942 bits per heavy atom. The Morgan fingerprint density at radius 1 is 0.558 bits per heavy atom. The topological polar surface area (TPSA) is 135 Å². The molecule has 0 radical (unpaired) electrons. The third-order valence-corrected chi connectivity index (χ3v) is 11.4. The SMILES string of the molecule is CCN(COc1ccc(O)cc1)c1ccc(N=Nc2ccc(S(=O)(=O)c3ccc(S(=O)(=O)c4ccc(Oc5ccc(F)cc5)cc4)cc3)cc2)cc1. The first-order chi connectivity index (χ1) is 25.0. The van der Waals surface area contributed by atoms with Crippen LogP contribution in [0.25, 0.3) is 0 Å². The normalized spacial score (nSPS) is 11.7. The summed E-state index contributed by atoms with van der Waals surface area (Å²) in [7, 11) is -7.92. The molecular weight excluding hydrogens is 706 g/mol. The van der Waals surface area contributed by atoms with Crippen molar-refractivity contribution in [2.24, 2.45) is 10.2 Å². The molecule has 0 saturated carbocycles. The molecule has 0 heterocycles. The summed E-state index contributed by atoms with van der Waals surface area (Å²) in [4.78, 5) is 1.88. The number of phenols is 1. The minimum Gasteiger partial charge on any atom is -0.508 e. The first kappa shape index (κ1) is 35.8. The lowest BCUT2D eigenvalue weighted by Gasteiger charge is -2.23. The third-order valence-electron chi connectivity index (χ3n) is 7.88. The summed E-state index contributed by atoms with van der Waals surface area (Å²) in [6, 6.07) is 36.0. The highest BCUT2D eigenvalue weighted by Gasteiger charge is 2.22. The van der Waals surface area contributed by atoms with Crippen LogP contribution in [0.5, 0.6) is 23.0 Å². The zero-order valence-electron chi connectivity index (χ0n) is 27.7. The van der Waals surface area contributed by atoms with Gasteiger partial charge >= 0.3 is 0 Å². The fourth-order valence-electron chi connectivity index (χ4n) is 4.98. The van der Waals surface area contributed by atoms with E-state index in [2.05, 4.69) is 10.2 Å². The molecule has 52 heavy (non-hydrogen) atoms. The summed E-state index contributed by atoms with van der Waals surface area (Å²) < 4.78 is 77.8. The number of ether oxygens (including phenoxy) is 2. The molecule has 0 atom stereocenters. The third kappa shape index (κ3) is 8.45. The molecule has 6 rings (SSSR count). The van der Waals surface area contributed by atoms with E-state index in [9.17, 15) is 26.3 Å². The van der Waals surface area contributed by atoms with Gasteiger partial charge in [-0.25, -0.2) is 21.2 Å². The number of sulfone groups is 2. The van der Waals surface area contributed by atoms with Crippen LogP contribution in [0.1, 0.15) is 6.92 Å². The largest absolute Gasteiger partial charge is 0.508 e. The van der Waals surface area contributed by atoms with Gasteiger partial charge in [-0.1, -0.05) is 0 Å². The molecule has 0 fully saturated rings. The molecule has 6 aromatic carbocycles. The van der Waals surface area contributed by atoms with Crippen molar-refractivity contribution in [1.29, 1.82) is 0 Å². The van der Waals surface area contributed by atoms with Gasteiger partial charge in [0, 0.05) is 12.2 Å². The molecule has 10 nitrogen and oxygen atoms in total. The fraction of sp³-hybridized carbons (Fsp3) is 0.0769. The van der Waals surface area contributed by atoms with E-state index in [1.165, 1.54) is 97.1 Å². The van der Waals surface area contributed by atoms with Crippen LogP contribution in [0.2, 0.25) is 0 Å². The van der Waals surface area contributed by atoms with Gasteiger partial charge < -0.3 is 19.5 Å². The molecule has 0 aromatic heterocycles. The molecule has 1 N–H and O–H groups in total. The van der Waals surface area contributed by atoms with Crippen LogP contribution in [0.3, 0.4) is 0 Å². The van der Waals surface area contributed by atoms with Gasteiger partial charge in [0.2, 0.25) is 19.7 Å². The van der Waals surface area contributed by atoms with Gasteiger partial charge in [0.25, 0.3) is 0 Å². The summed E-state index contributed by atoms with van der Waals surface area (Å²) in [5.74, 6) is 1.16. The number of hydrogen-bond donors (Lipinski definition) is 1. The van der Waals surface area contributed by atoms with Crippen molar-refractivity contribution in [2.75, 3.05) is 18.2 Å². The second-order valence-electron chi connectivity index (χ2n) is 11.3. The summed E-state index contributed by atoms with van der Waals surface area (Å²) in [5.41, 5.74) is 1.96. The van der Waals surface area contributed by atoms with E-state index in [1.807, 2.05) is 36.1 Å². The minimum absolute atomic E-state index is 0.00485. The summed E-state index contributed by atoms with van der Waals surface area (Å²) in [6.45, 7) is 3.02. The zero-order valence-corrected chi connectivity index (χ0v) is 29.3. The molecule has 0 saturated heterocycles. The van der Waals surface area contributed by atoms with Crippen LogP contribution >= 0.6 is 0 Å². The Labute approximate surface area is 300 Å². The number of aromatic hydroxyl groups is 1. The van der Waals surface area contributed by atoms with Gasteiger partial charge in [0.15, 0.2) is 6.73 Å². The Morgan fingerprint density at radius 3 is 1.40 bits per heavy atom. The van der Waals surface area contributed by atoms with Crippen molar-refractivity contribution in [2.45, 2.75) is 26.5 Å². The predicted molar refractivity (Wildman–Crippen MR) is 194 cm³/mol. The fourth-order valence-corrected chi connectivity index (χ4v) is 7.50. The van der Waals surface area contributed by atoms with Crippen molar-refractivity contribution in [3.05, 3.63) is 151 Å². The smallest absolute Gasteiger partial charge is 0.206 e. The number of nitrogens with zero attached hydrogens (tertiary/aromatic N) is 3. The first-order valence-electron chi connectivity index (χ1n) is 15.9. The van der Waals surface area contributed by atoms with E-state index in [-0.39, 0.29) is 25.3 Å². The highest BCUT2D eigenvalue weighted by Crippen LogP contribution is 2.30.